The molecule has 154 valence electrons. The molecule has 0 saturated carbocycles. The molecule has 0 radical (unpaired) electrons. The minimum absolute atomic E-state index is 0.0222. The Morgan fingerprint density at radius 1 is 1.39 bits per heavy atom. The van der Waals surface area contributed by atoms with Crippen LogP contribution >= 0.6 is 0 Å². The number of fused-ring (bicyclic) bond motifs is 1. The molecule has 1 aliphatic heterocycles. The van der Waals surface area contributed by atoms with E-state index in [-0.39, 0.29) is 12.3 Å². The molecule has 0 bridgehead atoms. The third-order valence-electron chi connectivity index (χ3n) is 3.96. The number of carboxylic acid groups (broad SMARTS) is 1. The van der Waals surface area contributed by atoms with Crippen LogP contribution in [0.1, 0.15) is 39.2 Å². The lowest BCUT2D eigenvalue weighted by Crippen LogP contribution is -2.44. The molecule has 1 aliphatic rings. The third kappa shape index (κ3) is 6.12. The fourth-order valence-corrected chi connectivity index (χ4v) is 2.70. The van der Waals surface area contributed by atoms with Gasteiger partial charge < -0.3 is 30.9 Å². The summed E-state index contributed by atoms with van der Waals surface area (Å²) in [5.74, 6) is -0.942. The molecule has 9 nitrogen and oxygen atoms in total. The van der Waals surface area contributed by atoms with E-state index in [0.29, 0.717) is 36.4 Å². The van der Waals surface area contributed by atoms with Crippen LogP contribution in [0.4, 0.5) is 10.5 Å². The lowest BCUT2D eigenvalue weighted by atomic mass is 10.0. The number of ether oxygens (including phenoxy) is 2. The maximum atomic E-state index is 12.1. The van der Waals surface area contributed by atoms with Crippen molar-refractivity contribution >= 4 is 23.7 Å². The zero-order valence-electron chi connectivity index (χ0n) is 16.3. The van der Waals surface area contributed by atoms with Crippen LogP contribution in [0.2, 0.25) is 0 Å². The molecule has 0 aromatic heterocycles. The molecule has 1 heterocycles. The molecule has 2 atom stereocenters. The van der Waals surface area contributed by atoms with Gasteiger partial charge in [0.15, 0.2) is 6.10 Å². The van der Waals surface area contributed by atoms with Crippen LogP contribution in [0.5, 0.6) is 5.75 Å². The Morgan fingerprint density at radius 3 is 2.71 bits per heavy atom. The molecular formula is C19H27N3O6. The Balaban J connectivity index is 2.07. The number of amides is 2. The molecule has 0 fully saturated rings. The van der Waals surface area contributed by atoms with Gasteiger partial charge in [-0.2, -0.15) is 0 Å². The maximum absolute atomic E-state index is 12.1. The highest BCUT2D eigenvalue weighted by Gasteiger charge is 2.28. The van der Waals surface area contributed by atoms with Crippen LogP contribution in [0.25, 0.3) is 0 Å². The lowest BCUT2D eigenvalue weighted by Gasteiger charge is -2.26. The topological polar surface area (TPSA) is 140 Å². The monoisotopic (exact) mass is 393 g/mol. The third-order valence-corrected chi connectivity index (χ3v) is 3.96. The minimum Gasteiger partial charge on any atom is -0.480 e. The van der Waals surface area contributed by atoms with Gasteiger partial charge in [-0.1, -0.05) is 6.07 Å². The summed E-state index contributed by atoms with van der Waals surface area (Å²) in [7, 11) is 0. The van der Waals surface area contributed by atoms with Crippen LogP contribution in [0.15, 0.2) is 18.2 Å². The highest BCUT2D eigenvalue weighted by atomic mass is 16.6. The Hall–Kier alpha value is -2.81. The number of carboxylic acids is 1. The Bertz CT molecular complexity index is 744. The molecule has 5 N–H and O–H groups in total. The summed E-state index contributed by atoms with van der Waals surface area (Å²) < 4.78 is 10.8. The van der Waals surface area contributed by atoms with E-state index in [1.807, 2.05) is 0 Å². The van der Waals surface area contributed by atoms with Crippen LogP contribution in [0, 0.1) is 0 Å². The van der Waals surface area contributed by atoms with Crippen molar-refractivity contribution < 1.29 is 29.0 Å². The molecule has 0 spiro atoms. The summed E-state index contributed by atoms with van der Waals surface area (Å²) in [6.07, 6.45) is -0.194. The number of benzene rings is 1. The van der Waals surface area contributed by atoms with Gasteiger partial charge in [0.2, 0.25) is 0 Å². The van der Waals surface area contributed by atoms with Gasteiger partial charge in [-0.3, -0.25) is 4.79 Å². The van der Waals surface area contributed by atoms with Gasteiger partial charge in [0.1, 0.15) is 17.4 Å². The largest absolute Gasteiger partial charge is 0.480 e. The van der Waals surface area contributed by atoms with E-state index in [2.05, 4.69) is 10.6 Å². The molecular weight excluding hydrogens is 366 g/mol. The number of rotatable bonds is 7. The second-order valence-electron chi connectivity index (χ2n) is 7.60. The van der Waals surface area contributed by atoms with Gasteiger partial charge >= 0.3 is 12.1 Å². The fraction of sp³-hybridized carbons (Fsp3) is 0.526. The van der Waals surface area contributed by atoms with E-state index in [4.69, 9.17) is 15.2 Å². The van der Waals surface area contributed by atoms with Crippen LogP contribution in [-0.4, -0.2) is 47.4 Å². The van der Waals surface area contributed by atoms with Crippen molar-refractivity contribution in [3.05, 3.63) is 23.8 Å². The van der Waals surface area contributed by atoms with Gasteiger partial charge in [0.05, 0.1) is 5.69 Å². The first-order valence-corrected chi connectivity index (χ1v) is 9.12. The number of aliphatic carboxylic acids is 1. The first kappa shape index (κ1) is 21.5. The number of carbonyl (C=O) groups is 3. The summed E-state index contributed by atoms with van der Waals surface area (Å²) in [6.45, 7) is 5.54. The number of alkyl carbamates (subject to hydrolysis) is 1. The van der Waals surface area contributed by atoms with E-state index < -0.39 is 29.8 Å². The normalized spacial score (nSPS) is 17.0. The SMILES string of the molecule is CC(C)(C)OC(=O)N[C@@H](Cc1ccc2c(c1)NC(=O)[C@@H](CCCN)O2)C(=O)O. The molecule has 28 heavy (non-hydrogen) atoms. The van der Waals surface area contributed by atoms with Crippen molar-refractivity contribution in [2.24, 2.45) is 5.73 Å². The number of anilines is 1. The average molecular weight is 393 g/mol. The van der Waals surface area contributed by atoms with Crippen LogP contribution < -0.4 is 21.1 Å². The summed E-state index contributed by atoms with van der Waals surface area (Å²) in [4.78, 5) is 35.5. The standard InChI is InChI=1S/C19H27N3O6/c1-19(2,3)28-18(26)22-13(17(24)25)10-11-6-7-14-12(9-11)21-16(23)15(27-14)5-4-8-20/h6-7,9,13,15H,4-5,8,10,20H2,1-3H3,(H,21,23)(H,22,26)(H,24,25)/t13-,15+/m0/s1. The number of hydrogen-bond acceptors (Lipinski definition) is 6. The average Bonchev–Trinajstić information content (AvgIpc) is 2.57. The zero-order valence-corrected chi connectivity index (χ0v) is 16.3. The lowest BCUT2D eigenvalue weighted by molar-refractivity contribution is -0.139. The molecule has 0 aliphatic carbocycles. The van der Waals surface area contributed by atoms with Gasteiger partial charge in [-0.25, -0.2) is 9.59 Å². The predicted octanol–water partition coefficient (Wildman–Crippen LogP) is 1.65. The second-order valence-corrected chi connectivity index (χ2v) is 7.60. The molecule has 1 aromatic carbocycles. The van der Waals surface area contributed by atoms with E-state index in [1.54, 1.807) is 39.0 Å². The quantitative estimate of drug-likeness (QED) is 0.552. The number of nitrogens with two attached hydrogens (primary N) is 1. The summed E-state index contributed by atoms with van der Waals surface area (Å²) in [5.41, 5.74) is 5.82. The molecule has 0 saturated heterocycles. The highest BCUT2D eigenvalue weighted by Crippen LogP contribution is 2.31. The van der Waals surface area contributed by atoms with E-state index in [9.17, 15) is 19.5 Å². The van der Waals surface area contributed by atoms with Gasteiger partial charge in [-0.05, 0) is 57.9 Å². The van der Waals surface area contributed by atoms with Crippen molar-refractivity contribution in [3.8, 4) is 5.75 Å². The smallest absolute Gasteiger partial charge is 0.408 e. The molecule has 2 amide bonds. The first-order chi connectivity index (χ1) is 13.1. The maximum Gasteiger partial charge on any atom is 0.408 e. The van der Waals surface area contributed by atoms with Crippen LogP contribution in [0.3, 0.4) is 0 Å². The van der Waals surface area contributed by atoms with Crippen molar-refractivity contribution in [3.63, 3.8) is 0 Å². The molecule has 0 unspecified atom stereocenters. The Morgan fingerprint density at radius 2 is 2.11 bits per heavy atom. The van der Waals surface area contributed by atoms with Crippen LogP contribution in [-0.2, 0) is 20.7 Å². The minimum atomic E-state index is -1.19. The summed E-state index contributed by atoms with van der Waals surface area (Å²) >= 11 is 0. The van der Waals surface area contributed by atoms with Gasteiger partial charge in [0, 0.05) is 6.42 Å². The first-order valence-electron chi connectivity index (χ1n) is 9.12. The predicted molar refractivity (Wildman–Crippen MR) is 102 cm³/mol. The summed E-state index contributed by atoms with van der Waals surface area (Å²) in [5, 5.41) is 14.5. The fourth-order valence-electron chi connectivity index (χ4n) is 2.70. The van der Waals surface area contributed by atoms with Gasteiger partial charge in [0.25, 0.3) is 5.91 Å². The van der Waals surface area contributed by atoms with Crippen molar-refractivity contribution in [2.75, 3.05) is 11.9 Å². The van der Waals surface area contributed by atoms with Crippen molar-refractivity contribution in [1.82, 2.24) is 5.32 Å². The van der Waals surface area contributed by atoms with Gasteiger partial charge in [-0.15, -0.1) is 0 Å². The number of nitrogens with one attached hydrogen (secondary N) is 2. The second kappa shape index (κ2) is 8.92. The van der Waals surface area contributed by atoms with Crippen molar-refractivity contribution in [1.29, 1.82) is 0 Å². The Labute approximate surface area is 163 Å². The molecule has 9 heteroatoms. The van der Waals surface area contributed by atoms with E-state index in [0.717, 1.165) is 0 Å². The highest BCUT2D eigenvalue weighted by molar-refractivity contribution is 5.97. The zero-order chi connectivity index (χ0) is 20.9. The molecule has 1 aromatic rings. The number of carbonyl (C=O) groups excluding carboxylic acids is 2. The molecule has 2 rings (SSSR count). The summed E-state index contributed by atoms with van der Waals surface area (Å²) in [6, 6.07) is 3.83. The van der Waals surface area contributed by atoms with Crippen molar-refractivity contribution in [2.45, 2.75) is 57.8 Å². The Kier molecular flexibility index (Phi) is 6.85. The van der Waals surface area contributed by atoms with E-state index >= 15 is 0 Å². The number of hydrogen-bond donors (Lipinski definition) is 4. The van der Waals surface area contributed by atoms with E-state index in [1.165, 1.54) is 0 Å².